The molecule has 0 aromatic carbocycles. The summed E-state index contributed by atoms with van der Waals surface area (Å²) in [7, 11) is 0. The molecule has 2 saturated heterocycles. The first-order valence-electron chi connectivity index (χ1n) is 10.3. The van der Waals surface area contributed by atoms with E-state index in [1.807, 2.05) is 6.07 Å². The molecule has 1 aromatic rings. The SMILES string of the molecule is C=Cc1ccc(COC2(C)OC3C(OC(C)=O)[C@H](OC(C)=O)C(COC(C)=O)O[C@H]3O2)cn1. The third-order valence-electron chi connectivity index (χ3n) is 4.88. The number of esters is 3. The fourth-order valence-corrected chi connectivity index (χ4v) is 3.50. The van der Waals surface area contributed by atoms with Crippen LogP contribution >= 0.6 is 0 Å². The van der Waals surface area contributed by atoms with Gasteiger partial charge in [0, 0.05) is 33.9 Å². The Labute approximate surface area is 190 Å². The molecule has 0 N–H and O–H groups in total. The number of pyridine rings is 1. The van der Waals surface area contributed by atoms with E-state index in [1.165, 1.54) is 27.7 Å². The number of ether oxygens (including phenoxy) is 7. The van der Waals surface area contributed by atoms with Gasteiger partial charge < -0.3 is 28.4 Å². The first-order chi connectivity index (χ1) is 15.6. The highest BCUT2D eigenvalue weighted by atomic mass is 16.9. The molecule has 0 amide bonds. The topological polar surface area (TPSA) is 129 Å². The van der Waals surface area contributed by atoms with Gasteiger partial charge >= 0.3 is 17.9 Å². The van der Waals surface area contributed by atoms with E-state index in [0.717, 1.165) is 11.3 Å². The summed E-state index contributed by atoms with van der Waals surface area (Å²) in [6.07, 6.45) is -1.93. The Morgan fingerprint density at radius 2 is 1.79 bits per heavy atom. The first-order valence-corrected chi connectivity index (χ1v) is 10.3. The van der Waals surface area contributed by atoms with Gasteiger partial charge in [-0.3, -0.25) is 24.1 Å². The number of aromatic nitrogens is 1. The molecule has 0 aliphatic carbocycles. The summed E-state index contributed by atoms with van der Waals surface area (Å²) in [5.74, 6) is -3.39. The monoisotopic (exact) mass is 465 g/mol. The van der Waals surface area contributed by atoms with Crippen LogP contribution in [0, 0.1) is 0 Å². The zero-order valence-electron chi connectivity index (χ0n) is 18.8. The molecule has 11 nitrogen and oxygen atoms in total. The van der Waals surface area contributed by atoms with Crippen LogP contribution in [0.1, 0.15) is 39.0 Å². The minimum atomic E-state index is -1.57. The van der Waals surface area contributed by atoms with Crippen molar-refractivity contribution < 1.29 is 47.5 Å². The van der Waals surface area contributed by atoms with E-state index in [-0.39, 0.29) is 13.2 Å². The van der Waals surface area contributed by atoms with Crippen molar-refractivity contribution in [2.24, 2.45) is 0 Å². The van der Waals surface area contributed by atoms with E-state index in [4.69, 9.17) is 33.2 Å². The van der Waals surface area contributed by atoms with Crippen molar-refractivity contribution in [3.8, 4) is 0 Å². The van der Waals surface area contributed by atoms with Crippen LogP contribution in [0.15, 0.2) is 24.9 Å². The van der Waals surface area contributed by atoms with Crippen LogP contribution in [0.4, 0.5) is 0 Å². The smallest absolute Gasteiger partial charge is 0.303 e. The van der Waals surface area contributed by atoms with Crippen LogP contribution in [0.25, 0.3) is 6.08 Å². The van der Waals surface area contributed by atoms with Gasteiger partial charge in [0.25, 0.3) is 5.97 Å². The second kappa shape index (κ2) is 10.4. The molecule has 11 heteroatoms. The number of nitrogens with zero attached hydrogens (tertiary/aromatic N) is 1. The van der Waals surface area contributed by atoms with Gasteiger partial charge in [-0.15, -0.1) is 0 Å². The zero-order valence-corrected chi connectivity index (χ0v) is 18.8. The van der Waals surface area contributed by atoms with Gasteiger partial charge in [0.1, 0.15) is 12.7 Å². The summed E-state index contributed by atoms with van der Waals surface area (Å²) in [5, 5.41) is 0. The molecule has 4 unspecified atom stereocenters. The minimum Gasteiger partial charge on any atom is -0.463 e. The Bertz CT molecular complexity index is 888. The maximum Gasteiger partial charge on any atom is 0.303 e. The third-order valence-corrected chi connectivity index (χ3v) is 4.88. The summed E-state index contributed by atoms with van der Waals surface area (Å²) in [5.41, 5.74) is 1.48. The summed E-state index contributed by atoms with van der Waals surface area (Å²) in [6, 6.07) is 3.60. The average molecular weight is 465 g/mol. The fraction of sp³-hybridized carbons (Fsp3) is 0.545. The number of hydrogen-bond acceptors (Lipinski definition) is 11. The highest BCUT2D eigenvalue weighted by Crippen LogP contribution is 2.40. The van der Waals surface area contributed by atoms with Gasteiger partial charge in [0.15, 0.2) is 24.6 Å². The van der Waals surface area contributed by atoms with Gasteiger partial charge in [-0.1, -0.05) is 12.6 Å². The molecule has 180 valence electrons. The number of rotatable bonds is 8. The van der Waals surface area contributed by atoms with E-state index >= 15 is 0 Å². The quantitative estimate of drug-likeness (QED) is 0.409. The lowest BCUT2D eigenvalue weighted by Gasteiger charge is -2.40. The van der Waals surface area contributed by atoms with Crippen LogP contribution in [0.5, 0.6) is 0 Å². The number of fused-ring (bicyclic) bond motifs is 1. The molecule has 2 aliphatic rings. The van der Waals surface area contributed by atoms with Crippen molar-refractivity contribution in [3.63, 3.8) is 0 Å². The molecule has 2 aliphatic heterocycles. The van der Waals surface area contributed by atoms with Gasteiger partial charge in [0.05, 0.1) is 12.3 Å². The molecule has 0 radical (unpaired) electrons. The summed E-state index contributed by atoms with van der Waals surface area (Å²) in [4.78, 5) is 39.0. The standard InChI is InChI=1S/C22H27NO10/c1-6-16-8-7-15(9-23-16)10-28-22(5)32-20-19(30-14(4)26)18(29-13(3)25)17(11-27-12(2)24)31-21(20)33-22/h6-9,17-21H,1,10-11H2,2-5H3/t17?,18-,19?,20?,21+,22?/m1/s1. The summed E-state index contributed by atoms with van der Waals surface area (Å²) in [6.45, 7) is 8.68. The van der Waals surface area contributed by atoms with Gasteiger partial charge in [-0.25, -0.2) is 0 Å². The van der Waals surface area contributed by atoms with E-state index in [9.17, 15) is 14.4 Å². The van der Waals surface area contributed by atoms with Crippen molar-refractivity contribution >= 4 is 24.0 Å². The predicted molar refractivity (Wildman–Crippen MR) is 110 cm³/mol. The van der Waals surface area contributed by atoms with Gasteiger partial charge in [-0.05, 0) is 17.7 Å². The minimum absolute atomic E-state index is 0.100. The van der Waals surface area contributed by atoms with E-state index in [0.29, 0.717) is 0 Å². The van der Waals surface area contributed by atoms with E-state index < -0.39 is 54.6 Å². The number of carbonyl (C=O) groups is 3. The molecule has 1 aromatic heterocycles. The largest absolute Gasteiger partial charge is 0.463 e. The van der Waals surface area contributed by atoms with Crippen LogP contribution in [0.3, 0.4) is 0 Å². The lowest BCUT2D eigenvalue weighted by molar-refractivity contribution is -0.349. The molecule has 0 bridgehead atoms. The van der Waals surface area contributed by atoms with Gasteiger partial charge in [0.2, 0.25) is 0 Å². The number of hydrogen-bond donors (Lipinski definition) is 0. The van der Waals surface area contributed by atoms with Crippen molar-refractivity contribution in [2.45, 2.75) is 71.0 Å². The van der Waals surface area contributed by atoms with E-state index in [2.05, 4.69) is 11.6 Å². The van der Waals surface area contributed by atoms with Crippen LogP contribution in [-0.2, 0) is 54.1 Å². The summed E-state index contributed by atoms with van der Waals surface area (Å²) < 4.78 is 39.3. The summed E-state index contributed by atoms with van der Waals surface area (Å²) >= 11 is 0. The second-order valence-electron chi connectivity index (χ2n) is 7.64. The fourth-order valence-electron chi connectivity index (χ4n) is 3.50. The Morgan fingerprint density at radius 3 is 2.36 bits per heavy atom. The second-order valence-corrected chi connectivity index (χ2v) is 7.64. The highest BCUT2D eigenvalue weighted by Gasteiger charge is 2.59. The van der Waals surface area contributed by atoms with Crippen molar-refractivity contribution in [1.29, 1.82) is 0 Å². The predicted octanol–water partition coefficient (Wildman–Crippen LogP) is 1.48. The molecular weight excluding hydrogens is 438 g/mol. The van der Waals surface area contributed by atoms with Crippen molar-refractivity contribution in [2.75, 3.05) is 6.61 Å². The van der Waals surface area contributed by atoms with Gasteiger partial charge in [-0.2, -0.15) is 0 Å². The average Bonchev–Trinajstić information content (AvgIpc) is 3.09. The highest BCUT2D eigenvalue weighted by molar-refractivity contribution is 5.68. The molecule has 0 saturated carbocycles. The first kappa shape index (κ1) is 24.8. The van der Waals surface area contributed by atoms with Crippen LogP contribution in [0.2, 0.25) is 0 Å². The lowest BCUT2D eigenvalue weighted by atomic mass is 9.98. The Balaban J connectivity index is 1.78. The molecule has 6 atom stereocenters. The Morgan fingerprint density at radius 1 is 1.09 bits per heavy atom. The molecule has 2 fully saturated rings. The Kier molecular flexibility index (Phi) is 7.80. The normalized spacial score (nSPS) is 30.7. The third kappa shape index (κ3) is 6.35. The molecular formula is C22H27NO10. The maximum absolute atomic E-state index is 11.8. The van der Waals surface area contributed by atoms with Crippen molar-refractivity contribution in [3.05, 3.63) is 36.2 Å². The molecule has 0 spiro atoms. The molecule has 33 heavy (non-hydrogen) atoms. The zero-order chi connectivity index (χ0) is 24.2. The number of carbonyl (C=O) groups excluding carboxylic acids is 3. The lowest BCUT2D eigenvalue weighted by Crippen LogP contribution is -2.60. The Hall–Kier alpha value is -2.86. The van der Waals surface area contributed by atoms with Crippen LogP contribution < -0.4 is 0 Å². The molecule has 3 heterocycles. The van der Waals surface area contributed by atoms with E-state index in [1.54, 1.807) is 18.3 Å². The van der Waals surface area contributed by atoms with Crippen LogP contribution in [-0.4, -0.2) is 66.2 Å². The maximum atomic E-state index is 11.8. The van der Waals surface area contributed by atoms with Crippen molar-refractivity contribution in [1.82, 2.24) is 4.98 Å². The molecule has 3 rings (SSSR count).